The number of hydrogen-bond acceptors (Lipinski definition) is 5. The first kappa shape index (κ1) is 9.70. The van der Waals surface area contributed by atoms with Gasteiger partial charge in [-0.25, -0.2) is 0 Å². The Morgan fingerprint density at radius 1 is 1.54 bits per heavy atom. The van der Waals surface area contributed by atoms with Gasteiger partial charge in [0.2, 0.25) is 5.89 Å². The van der Waals surface area contributed by atoms with Crippen LogP contribution in [0.5, 0.6) is 0 Å². The first-order valence-corrected chi connectivity index (χ1v) is 4.15. The fraction of sp³-hybridized carbons (Fsp3) is 0.625. The number of anilines is 1. The van der Waals surface area contributed by atoms with Gasteiger partial charge in [-0.2, -0.15) is 4.98 Å². The van der Waals surface area contributed by atoms with E-state index < -0.39 is 0 Å². The molecule has 0 aliphatic rings. The lowest BCUT2D eigenvalue weighted by atomic mass is 10.2. The minimum Gasteiger partial charge on any atom is -0.344 e. The summed E-state index contributed by atoms with van der Waals surface area (Å²) in [7, 11) is 3.63. The van der Waals surface area contributed by atoms with Crippen LogP contribution in [0, 0.1) is 0 Å². The molecule has 0 bridgehead atoms. The van der Waals surface area contributed by atoms with Crippen molar-refractivity contribution in [2.24, 2.45) is 0 Å². The van der Waals surface area contributed by atoms with Crippen molar-refractivity contribution in [3.63, 3.8) is 0 Å². The molecule has 1 rings (SSSR count). The highest BCUT2D eigenvalue weighted by molar-refractivity contribution is 5.79. The number of carbonyl (C=O) groups is 1. The minimum absolute atomic E-state index is 0.106. The maximum absolute atomic E-state index is 11.0. The third-order valence-corrected chi connectivity index (χ3v) is 1.60. The zero-order valence-corrected chi connectivity index (χ0v) is 8.07. The predicted molar refractivity (Wildman–Crippen MR) is 47.6 cm³/mol. The van der Waals surface area contributed by atoms with Gasteiger partial charge >= 0.3 is 0 Å². The molecule has 5 heteroatoms. The molecule has 1 aromatic rings. The van der Waals surface area contributed by atoms with Crippen molar-refractivity contribution in [1.29, 1.82) is 0 Å². The Morgan fingerprint density at radius 2 is 2.23 bits per heavy atom. The van der Waals surface area contributed by atoms with Crippen molar-refractivity contribution in [1.82, 2.24) is 10.1 Å². The van der Waals surface area contributed by atoms with Crippen molar-refractivity contribution >= 4 is 11.7 Å². The van der Waals surface area contributed by atoms with E-state index in [-0.39, 0.29) is 12.2 Å². The van der Waals surface area contributed by atoms with E-state index in [2.05, 4.69) is 10.1 Å². The molecule has 0 atom stereocenters. The summed E-state index contributed by atoms with van der Waals surface area (Å²) in [6.07, 6.45) is 0.733. The Balaban J connectivity index is 2.64. The zero-order chi connectivity index (χ0) is 9.84. The maximum atomic E-state index is 11.0. The summed E-state index contributed by atoms with van der Waals surface area (Å²) in [5, 5.41) is 3.69. The molecular weight excluding hydrogens is 170 g/mol. The van der Waals surface area contributed by atoms with Crippen LogP contribution in [0.25, 0.3) is 0 Å². The number of hydrogen-bond donors (Lipinski definition) is 0. The second kappa shape index (κ2) is 4.02. The summed E-state index contributed by atoms with van der Waals surface area (Å²) >= 11 is 0. The molecule has 0 aromatic carbocycles. The number of rotatable bonds is 4. The van der Waals surface area contributed by atoms with Crippen molar-refractivity contribution < 1.29 is 9.32 Å². The van der Waals surface area contributed by atoms with E-state index in [4.69, 9.17) is 4.52 Å². The number of Topliss-reactive ketones (excluding diaryl/α,β-unsaturated/α-hetero) is 1. The van der Waals surface area contributed by atoms with Gasteiger partial charge in [-0.15, -0.1) is 0 Å². The highest BCUT2D eigenvalue weighted by Crippen LogP contribution is 2.06. The summed E-state index contributed by atoms with van der Waals surface area (Å²) in [5.74, 6) is 0.989. The van der Waals surface area contributed by atoms with Crippen molar-refractivity contribution in [3.8, 4) is 0 Å². The molecule has 72 valence electrons. The van der Waals surface area contributed by atoms with E-state index in [0.717, 1.165) is 0 Å². The Bertz CT molecular complexity index is 293. The van der Waals surface area contributed by atoms with E-state index in [9.17, 15) is 4.79 Å². The Hall–Kier alpha value is -1.39. The lowest BCUT2D eigenvalue weighted by Crippen LogP contribution is -2.10. The Morgan fingerprint density at radius 3 is 2.69 bits per heavy atom. The van der Waals surface area contributed by atoms with Crippen LogP contribution >= 0.6 is 0 Å². The maximum Gasteiger partial charge on any atom is 0.265 e. The average Bonchev–Trinajstić information content (AvgIpc) is 2.52. The molecular formula is C8H13N3O2. The van der Waals surface area contributed by atoms with Gasteiger partial charge in [0.1, 0.15) is 5.78 Å². The van der Waals surface area contributed by atoms with Crippen LogP contribution in [-0.4, -0.2) is 30.0 Å². The summed E-state index contributed by atoms with van der Waals surface area (Å²) < 4.78 is 4.87. The van der Waals surface area contributed by atoms with Crippen molar-refractivity contribution in [2.45, 2.75) is 19.8 Å². The molecule has 1 aromatic heterocycles. The quantitative estimate of drug-likeness (QED) is 0.686. The summed E-state index contributed by atoms with van der Waals surface area (Å²) in [4.78, 5) is 16.8. The summed E-state index contributed by atoms with van der Waals surface area (Å²) in [6, 6.07) is 0. The third-order valence-electron chi connectivity index (χ3n) is 1.60. The second-order valence-electron chi connectivity index (χ2n) is 2.95. The van der Waals surface area contributed by atoms with Crippen LogP contribution < -0.4 is 4.90 Å². The van der Waals surface area contributed by atoms with Crippen LogP contribution in [0.2, 0.25) is 0 Å². The fourth-order valence-corrected chi connectivity index (χ4v) is 0.793. The van der Waals surface area contributed by atoms with Crippen molar-refractivity contribution in [3.05, 3.63) is 5.89 Å². The molecule has 0 unspecified atom stereocenters. The van der Waals surface area contributed by atoms with Gasteiger partial charge in [0.25, 0.3) is 5.95 Å². The zero-order valence-electron chi connectivity index (χ0n) is 8.07. The summed E-state index contributed by atoms with van der Waals surface area (Å²) in [6.45, 7) is 1.81. The minimum atomic E-state index is 0.106. The molecule has 0 aliphatic carbocycles. The molecule has 0 N–H and O–H groups in total. The van der Waals surface area contributed by atoms with Gasteiger partial charge in [-0.3, -0.25) is 4.79 Å². The van der Waals surface area contributed by atoms with E-state index in [1.165, 1.54) is 0 Å². The normalized spacial score (nSPS) is 10.1. The number of nitrogens with zero attached hydrogens (tertiary/aromatic N) is 3. The highest BCUT2D eigenvalue weighted by Gasteiger charge is 2.10. The van der Waals surface area contributed by atoms with E-state index >= 15 is 0 Å². The standard InChI is InChI=1S/C8H13N3O2/c1-4-6(12)5-7-9-8(10-13-7)11(2)3/h4-5H2,1-3H3. The number of aromatic nitrogens is 2. The van der Waals surface area contributed by atoms with E-state index in [0.29, 0.717) is 18.3 Å². The number of ketones is 1. The summed E-state index contributed by atoms with van der Waals surface area (Å²) in [5.41, 5.74) is 0. The van der Waals surface area contributed by atoms with Gasteiger partial charge in [0, 0.05) is 20.5 Å². The molecule has 1 heterocycles. The lowest BCUT2D eigenvalue weighted by Gasteiger charge is -2.02. The van der Waals surface area contributed by atoms with Gasteiger partial charge in [-0.05, 0) is 5.16 Å². The SMILES string of the molecule is CCC(=O)Cc1nc(N(C)C)no1. The van der Waals surface area contributed by atoms with Crippen LogP contribution in [0.15, 0.2) is 4.52 Å². The molecule has 5 nitrogen and oxygen atoms in total. The predicted octanol–water partition coefficient (Wildman–Crippen LogP) is 0.657. The largest absolute Gasteiger partial charge is 0.344 e. The van der Waals surface area contributed by atoms with Gasteiger partial charge in [-0.1, -0.05) is 6.92 Å². The average molecular weight is 183 g/mol. The van der Waals surface area contributed by atoms with Gasteiger partial charge in [0.05, 0.1) is 6.42 Å². The Kier molecular flexibility index (Phi) is 3.00. The first-order chi connectivity index (χ1) is 6.13. The highest BCUT2D eigenvalue weighted by atomic mass is 16.5. The third kappa shape index (κ3) is 2.54. The number of carbonyl (C=O) groups excluding carboxylic acids is 1. The first-order valence-electron chi connectivity index (χ1n) is 4.15. The molecule has 0 radical (unpaired) electrons. The fourth-order valence-electron chi connectivity index (χ4n) is 0.793. The smallest absolute Gasteiger partial charge is 0.265 e. The van der Waals surface area contributed by atoms with Crippen LogP contribution in [0.3, 0.4) is 0 Å². The van der Waals surface area contributed by atoms with E-state index in [1.807, 2.05) is 21.0 Å². The molecule has 0 fully saturated rings. The van der Waals surface area contributed by atoms with Crippen molar-refractivity contribution in [2.75, 3.05) is 19.0 Å². The molecule has 0 amide bonds. The van der Waals surface area contributed by atoms with E-state index in [1.54, 1.807) is 4.90 Å². The van der Waals surface area contributed by atoms with Crippen LogP contribution in [-0.2, 0) is 11.2 Å². The topological polar surface area (TPSA) is 59.2 Å². The van der Waals surface area contributed by atoms with Crippen LogP contribution in [0.1, 0.15) is 19.2 Å². The van der Waals surface area contributed by atoms with Gasteiger partial charge < -0.3 is 9.42 Å². The van der Waals surface area contributed by atoms with Gasteiger partial charge in [0.15, 0.2) is 0 Å². The molecule has 13 heavy (non-hydrogen) atoms. The molecule has 0 spiro atoms. The molecule has 0 saturated heterocycles. The second-order valence-corrected chi connectivity index (χ2v) is 2.95. The lowest BCUT2D eigenvalue weighted by molar-refractivity contribution is -0.118. The molecule has 0 aliphatic heterocycles. The monoisotopic (exact) mass is 183 g/mol. The molecule has 0 saturated carbocycles. The van der Waals surface area contributed by atoms with Crippen LogP contribution in [0.4, 0.5) is 5.95 Å². The Labute approximate surface area is 76.7 Å².